The first-order valence-corrected chi connectivity index (χ1v) is 7.46. The van der Waals surface area contributed by atoms with E-state index < -0.39 is 0 Å². The number of fused-ring (bicyclic) bond motifs is 1. The van der Waals surface area contributed by atoms with E-state index in [4.69, 9.17) is 5.73 Å². The second-order valence-corrected chi connectivity index (χ2v) is 5.99. The lowest BCUT2D eigenvalue weighted by atomic mass is 9.91. The number of rotatable bonds is 2. The van der Waals surface area contributed by atoms with E-state index in [9.17, 15) is 0 Å². The summed E-state index contributed by atoms with van der Waals surface area (Å²) in [6, 6.07) is 4.52. The highest BCUT2D eigenvalue weighted by Gasteiger charge is 2.22. The van der Waals surface area contributed by atoms with Crippen molar-refractivity contribution in [3.63, 3.8) is 0 Å². The normalized spacial score (nSPS) is 23.5. The largest absolute Gasteiger partial charge is 0.379 e. The van der Waals surface area contributed by atoms with E-state index in [0.29, 0.717) is 6.04 Å². The van der Waals surface area contributed by atoms with Crippen LogP contribution in [-0.4, -0.2) is 22.1 Å². The van der Waals surface area contributed by atoms with Gasteiger partial charge in [-0.1, -0.05) is 12.8 Å². The summed E-state index contributed by atoms with van der Waals surface area (Å²) in [5.41, 5.74) is 9.01. The topological polar surface area (TPSA) is 63.8 Å². The lowest BCUT2D eigenvalue weighted by molar-refractivity contribution is 0.404. The Kier molecular flexibility index (Phi) is 3.66. The number of pyridine rings is 2. The minimum Gasteiger partial charge on any atom is -0.379 e. The highest BCUT2D eigenvalue weighted by atomic mass is 79.9. The third kappa shape index (κ3) is 2.72. The Bertz CT molecular complexity index is 587. The molecule has 0 amide bonds. The zero-order chi connectivity index (χ0) is 13.2. The van der Waals surface area contributed by atoms with Gasteiger partial charge in [0, 0.05) is 29.0 Å². The van der Waals surface area contributed by atoms with Crippen LogP contribution in [0, 0.1) is 0 Å². The molecular weight excluding hydrogens is 304 g/mol. The second kappa shape index (κ2) is 5.43. The van der Waals surface area contributed by atoms with Gasteiger partial charge in [-0.15, -0.1) is 0 Å². The van der Waals surface area contributed by atoms with Crippen molar-refractivity contribution in [2.75, 3.05) is 5.32 Å². The Morgan fingerprint density at radius 1 is 1.26 bits per heavy atom. The van der Waals surface area contributed by atoms with E-state index in [1.54, 1.807) is 6.20 Å². The summed E-state index contributed by atoms with van der Waals surface area (Å²) in [4.78, 5) is 8.81. The monoisotopic (exact) mass is 320 g/mol. The van der Waals surface area contributed by atoms with Crippen LogP contribution in [-0.2, 0) is 0 Å². The average Bonchev–Trinajstić information content (AvgIpc) is 2.41. The van der Waals surface area contributed by atoms with Gasteiger partial charge >= 0.3 is 0 Å². The molecule has 0 aromatic carbocycles. The molecule has 4 nitrogen and oxygen atoms in total. The lowest BCUT2D eigenvalue weighted by Gasteiger charge is -2.30. The average molecular weight is 321 g/mol. The van der Waals surface area contributed by atoms with Crippen molar-refractivity contribution in [1.29, 1.82) is 0 Å². The number of hydrogen-bond acceptors (Lipinski definition) is 4. The molecule has 1 aliphatic carbocycles. The minimum absolute atomic E-state index is 0.229. The van der Waals surface area contributed by atoms with Crippen LogP contribution in [0.4, 0.5) is 5.69 Å². The molecule has 3 N–H and O–H groups in total. The molecule has 0 radical (unpaired) electrons. The molecule has 5 heteroatoms. The molecule has 2 aromatic heterocycles. The van der Waals surface area contributed by atoms with Crippen LogP contribution >= 0.6 is 15.9 Å². The molecule has 100 valence electrons. The predicted octanol–water partition coefficient (Wildman–Crippen LogP) is 3.07. The third-order valence-electron chi connectivity index (χ3n) is 3.70. The molecule has 0 saturated heterocycles. The van der Waals surface area contributed by atoms with Gasteiger partial charge in [0.05, 0.1) is 11.2 Å². The van der Waals surface area contributed by atoms with E-state index in [1.807, 2.05) is 18.3 Å². The number of anilines is 1. The van der Waals surface area contributed by atoms with Crippen molar-refractivity contribution in [2.24, 2.45) is 5.73 Å². The minimum atomic E-state index is 0.229. The van der Waals surface area contributed by atoms with Gasteiger partial charge < -0.3 is 11.1 Å². The Hall–Kier alpha value is -1.20. The SMILES string of the molecule is N[C@@H]1CCCC[C@H]1Nc1ccnc2cc(Br)cnc12. The maximum absolute atomic E-state index is 6.19. The summed E-state index contributed by atoms with van der Waals surface area (Å²) in [6.07, 6.45) is 8.32. The predicted molar refractivity (Wildman–Crippen MR) is 81.1 cm³/mol. The van der Waals surface area contributed by atoms with Crippen molar-refractivity contribution in [3.8, 4) is 0 Å². The molecule has 2 heterocycles. The molecular formula is C14H17BrN4. The van der Waals surface area contributed by atoms with Gasteiger partial charge in [0.1, 0.15) is 5.52 Å². The maximum atomic E-state index is 6.19. The lowest BCUT2D eigenvalue weighted by Crippen LogP contribution is -2.42. The molecule has 0 spiro atoms. The fraction of sp³-hybridized carbons (Fsp3) is 0.429. The van der Waals surface area contributed by atoms with Crippen molar-refractivity contribution >= 4 is 32.7 Å². The standard InChI is InChI=1S/C14H17BrN4/c15-9-7-13-14(18-8-9)12(5-6-17-13)19-11-4-2-1-3-10(11)16/h5-8,10-11H,1-4,16H2,(H,17,19)/t10-,11-/m1/s1. The number of nitrogens with two attached hydrogens (primary N) is 1. The van der Waals surface area contributed by atoms with E-state index >= 15 is 0 Å². The number of nitrogens with zero attached hydrogens (tertiary/aromatic N) is 2. The Morgan fingerprint density at radius 3 is 2.95 bits per heavy atom. The third-order valence-corrected chi connectivity index (χ3v) is 4.14. The first kappa shape index (κ1) is 12.8. The van der Waals surface area contributed by atoms with Crippen LogP contribution in [0.3, 0.4) is 0 Å². The molecule has 0 unspecified atom stereocenters. The van der Waals surface area contributed by atoms with Gasteiger partial charge in [-0.2, -0.15) is 0 Å². The summed E-state index contributed by atoms with van der Waals surface area (Å²) in [6.45, 7) is 0. The van der Waals surface area contributed by atoms with E-state index in [1.165, 1.54) is 12.8 Å². The van der Waals surface area contributed by atoms with Crippen molar-refractivity contribution in [1.82, 2.24) is 9.97 Å². The fourth-order valence-corrected chi connectivity index (χ4v) is 2.98. The number of nitrogens with one attached hydrogen (secondary N) is 1. The Labute approximate surface area is 120 Å². The van der Waals surface area contributed by atoms with Gasteiger partial charge in [-0.25, -0.2) is 0 Å². The van der Waals surface area contributed by atoms with Crippen molar-refractivity contribution in [3.05, 3.63) is 29.0 Å². The van der Waals surface area contributed by atoms with Gasteiger partial charge in [-0.05, 0) is 40.9 Å². The first-order valence-electron chi connectivity index (χ1n) is 6.66. The van der Waals surface area contributed by atoms with Gasteiger partial charge in [0.2, 0.25) is 0 Å². The quantitative estimate of drug-likeness (QED) is 0.892. The van der Waals surface area contributed by atoms with Crippen LogP contribution in [0.15, 0.2) is 29.0 Å². The molecule has 1 saturated carbocycles. The fourth-order valence-electron chi connectivity index (χ4n) is 2.66. The number of halogens is 1. The Morgan fingerprint density at radius 2 is 2.11 bits per heavy atom. The first-order chi connectivity index (χ1) is 9.24. The Balaban J connectivity index is 1.92. The zero-order valence-electron chi connectivity index (χ0n) is 10.6. The van der Waals surface area contributed by atoms with E-state index in [0.717, 1.165) is 34.0 Å². The molecule has 1 aliphatic rings. The van der Waals surface area contributed by atoms with Crippen LogP contribution in [0.25, 0.3) is 11.0 Å². The highest BCUT2D eigenvalue weighted by Crippen LogP contribution is 2.26. The molecule has 3 rings (SSSR count). The summed E-state index contributed by atoms with van der Waals surface area (Å²) >= 11 is 3.42. The smallest absolute Gasteiger partial charge is 0.112 e. The number of hydrogen-bond donors (Lipinski definition) is 2. The number of aromatic nitrogens is 2. The molecule has 0 aliphatic heterocycles. The van der Waals surface area contributed by atoms with E-state index in [2.05, 4.69) is 31.2 Å². The van der Waals surface area contributed by atoms with Crippen LogP contribution in [0.2, 0.25) is 0 Å². The molecule has 19 heavy (non-hydrogen) atoms. The zero-order valence-corrected chi connectivity index (χ0v) is 12.2. The summed E-state index contributed by atoms with van der Waals surface area (Å²) < 4.78 is 0.944. The highest BCUT2D eigenvalue weighted by molar-refractivity contribution is 9.10. The van der Waals surface area contributed by atoms with Crippen molar-refractivity contribution < 1.29 is 0 Å². The van der Waals surface area contributed by atoms with Crippen molar-refractivity contribution in [2.45, 2.75) is 37.8 Å². The molecule has 2 aromatic rings. The van der Waals surface area contributed by atoms with Gasteiger partial charge in [-0.3, -0.25) is 9.97 Å². The van der Waals surface area contributed by atoms with Gasteiger partial charge in [0.15, 0.2) is 0 Å². The second-order valence-electron chi connectivity index (χ2n) is 5.08. The molecule has 2 atom stereocenters. The summed E-state index contributed by atoms with van der Waals surface area (Å²) in [5, 5.41) is 3.55. The summed E-state index contributed by atoms with van der Waals surface area (Å²) in [7, 11) is 0. The molecule has 0 bridgehead atoms. The maximum Gasteiger partial charge on any atom is 0.112 e. The van der Waals surface area contributed by atoms with E-state index in [-0.39, 0.29) is 6.04 Å². The van der Waals surface area contributed by atoms with Crippen LogP contribution in [0.5, 0.6) is 0 Å². The van der Waals surface area contributed by atoms with Gasteiger partial charge in [0.25, 0.3) is 0 Å². The van der Waals surface area contributed by atoms with Crippen LogP contribution in [0.1, 0.15) is 25.7 Å². The van der Waals surface area contributed by atoms with Crippen LogP contribution < -0.4 is 11.1 Å². The molecule has 1 fully saturated rings. The summed E-state index contributed by atoms with van der Waals surface area (Å²) in [5.74, 6) is 0.